The number of rotatable bonds is 6. The van der Waals surface area contributed by atoms with Crippen molar-refractivity contribution in [1.29, 1.82) is 0 Å². The lowest BCUT2D eigenvalue weighted by Gasteiger charge is -2.21. The molecule has 0 spiro atoms. The second kappa shape index (κ2) is 6.61. The highest BCUT2D eigenvalue weighted by atomic mass is 32.2. The fourth-order valence-corrected chi connectivity index (χ4v) is 4.20. The number of benzene rings is 1. The first-order valence-electron chi connectivity index (χ1n) is 8.09. The predicted octanol–water partition coefficient (Wildman–Crippen LogP) is 4.22. The van der Waals surface area contributed by atoms with Crippen molar-refractivity contribution in [3.05, 3.63) is 46.2 Å². The van der Waals surface area contributed by atoms with Gasteiger partial charge in [0.1, 0.15) is 0 Å². The molecule has 0 atom stereocenters. The number of H-pyrrole nitrogens is 1. The lowest BCUT2D eigenvalue weighted by molar-refractivity contribution is -0.129. The van der Waals surface area contributed by atoms with Crippen LogP contribution < -0.4 is 0 Å². The van der Waals surface area contributed by atoms with Gasteiger partial charge in [-0.2, -0.15) is 11.3 Å². The van der Waals surface area contributed by atoms with Crippen LogP contribution in [0.1, 0.15) is 24.0 Å². The molecule has 1 N–H and O–H groups in total. The molecule has 0 unspecified atom stereocenters. The molecule has 1 aromatic carbocycles. The smallest absolute Gasteiger partial charge is 0.233 e. The van der Waals surface area contributed by atoms with E-state index in [1.54, 1.807) is 11.3 Å². The van der Waals surface area contributed by atoms with Crippen molar-refractivity contribution < 1.29 is 4.79 Å². The highest BCUT2D eigenvalue weighted by molar-refractivity contribution is 7.99. The Bertz CT molecular complexity index is 852. The van der Waals surface area contributed by atoms with Crippen LogP contribution in [0.5, 0.6) is 0 Å². The number of thioether (sulfide) groups is 1. The maximum absolute atomic E-state index is 12.7. The first-order chi connectivity index (χ1) is 11.7. The number of imidazole rings is 1. The molecule has 1 amide bonds. The maximum Gasteiger partial charge on any atom is 0.233 e. The van der Waals surface area contributed by atoms with Crippen LogP contribution >= 0.6 is 23.1 Å². The fourth-order valence-electron chi connectivity index (χ4n) is 2.77. The number of nitrogens with one attached hydrogen (secondary N) is 1. The summed E-state index contributed by atoms with van der Waals surface area (Å²) in [5.74, 6) is 0.629. The van der Waals surface area contributed by atoms with E-state index < -0.39 is 0 Å². The van der Waals surface area contributed by atoms with Crippen LogP contribution in [0.2, 0.25) is 0 Å². The summed E-state index contributed by atoms with van der Waals surface area (Å²) in [5, 5.41) is 5.00. The molecule has 2 heterocycles. The van der Waals surface area contributed by atoms with Crippen molar-refractivity contribution in [2.45, 2.75) is 37.5 Å². The molecule has 1 fully saturated rings. The zero-order valence-corrected chi connectivity index (χ0v) is 15.1. The van der Waals surface area contributed by atoms with E-state index in [1.165, 1.54) is 22.9 Å². The number of carbonyl (C=O) groups excluding carboxylic acids is 1. The van der Waals surface area contributed by atoms with E-state index in [9.17, 15) is 4.79 Å². The Kier molecular flexibility index (Phi) is 4.33. The van der Waals surface area contributed by atoms with Gasteiger partial charge >= 0.3 is 0 Å². The average Bonchev–Trinajstić information content (AvgIpc) is 3.12. The molecule has 24 heavy (non-hydrogen) atoms. The highest BCUT2D eigenvalue weighted by Crippen LogP contribution is 2.30. The van der Waals surface area contributed by atoms with Crippen LogP contribution in [0.25, 0.3) is 11.0 Å². The summed E-state index contributed by atoms with van der Waals surface area (Å²) < 4.78 is 0. The molecule has 6 heteroatoms. The van der Waals surface area contributed by atoms with Crippen LogP contribution in [-0.4, -0.2) is 32.6 Å². The Hall–Kier alpha value is -1.79. The maximum atomic E-state index is 12.7. The lowest BCUT2D eigenvalue weighted by Crippen LogP contribution is -2.33. The zero-order valence-electron chi connectivity index (χ0n) is 13.5. The van der Waals surface area contributed by atoms with Gasteiger partial charge in [-0.1, -0.05) is 17.8 Å². The normalized spacial score (nSPS) is 14.2. The van der Waals surface area contributed by atoms with Gasteiger partial charge in [-0.15, -0.1) is 0 Å². The largest absolute Gasteiger partial charge is 0.335 e. The minimum absolute atomic E-state index is 0.199. The van der Waals surface area contributed by atoms with Gasteiger partial charge in [-0.05, 0) is 59.9 Å². The third-order valence-corrected chi connectivity index (χ3v) is 5.78. The number of carbonyl (C=O) groups is 1. The van der Waals surface area contributed by atoms with E-state index in [2.05, 4.69) is 45.9 Å². The van der Waals surface area contributed by atoms with E-state index in [4.69, 9.17) is 0 Å². The van der Waals surface area contributed by atoms with Crippen LogP contribution in [0, 0.1) is 6.92 Å². The molecule has 3 aromatic rings. The van der Waals surface area contributed by atoms with Crippen LogP contribution in [-0.2, 0) is 11.3 Å². The number of thiophene rings is 1. The quantitative estimate of drug-likeness (QED) is 0.672. The van der Waals surface area contributed by atoms with E-state index in [0.29, 0.717) is 11.8 Å². The van der Waals surface area contributed by atoms with E-state index in [-0.39, 0.29) is 5.91 Å². The van der Waals surface area contributed by atoms with Crippen molar-refractivity contribution in [2.75, 3.05) is 5.75 Å². The molecular formula is C18H19N3OS2. The lowest BCUT2D eigenvalue weighted by atomic mass is 10.2. The average molecular weight is 358 g/mol. The van der Waals surface area contributed by atoms with Crippen molar-refractivity contribution in [1.82, 2.24) is 14.9 Å². The van der Waals surface area contributed by atoms with E-state index in [0.717, 1.165) is 35.6 Å². The van der Waals surface area contributed by atoms with Gasteiger partial charge in [-0.25, -0.2) is 4.98 Å². The molecule has 1 aliphatic carbocycles. The summed E-state index contributed by atoms with van der Waals surface area (Å²) in [5.41, 5.74) is 4.41. The number of aromatic nitrogens is 2. The van der Waals surface area contributed by atoms with Crippen molar-refractivity contribution >= 4 is 40.0 Å². The highest BCUT2D eigenvalue weighted by Gasteiger charge is 2.32. The summed E-state index contributed by atoms with van der Waals surface area (Å²) in [6.07, 6.45) is 2.26. The zero-order chi connectivity index (χ0) is 16.5. The molecule has 0 aliphatic heterocycles. The Balaban J connectivity index is 1.42. The molecule has 1 saturated carbocycles. The van der Waals surface area contributed by atoms with Crippen molar-refractivity contribution in [2.24, 2.45) is 0 Å². The van der Waals surface area contributed by atoms with Crippen molar-refractivity contribution in [3.8, 4) is 0 Å². The van der Waals surface area contributed by atoms with Gasteiger partial charge in [0.05, 0.1) is 16.8 Å². The third kappa shape index (κ3) is 3.49. The molecule has 4 nitrogen and oxygen atoms in total. The minimum Gasteiger partial charge on any atom is -0.335 e. The molecule has 4 rings (SSSR count). The summed E-state index contributed by atoms with van der Waals surface area (Å²) in [4.78, 5) is 22.6. The Labute approximate surface area is 149 Å². The number of aryl methyl sites for hydroxylation is 1. The number of nitrogens with zero attached hydrogens (tertiary/aromatic N) is 2. The predicted molar refractivity (Wildman–Crippen MR) is 99.4 cm³/mol. The Morgan fingerprint density at radius 1 is 1.42 bits per heavy atom. The van der Waals surface area contributed by atoms with Gasteiger partial charge < -0.3 is 9.88 Å². The topological polar surface area (TPSA) is 49.0 Å². The molecule has 2 aromatic heterocycles. The summed E-state index contributed by atoms with van der Waals surface area (Å²) in [6, 6.07) is 8.68. The fraction of sp³-hybridized carbons (Fsp3) is 0.333. The molecule has 1 aliphatic rings. The minimum atomic E-state index is 0.199. The first kappa shape index (κ1) is 15.7. The Morgan fingerprint density at radius 2 is 2.29 bits per heavy atom. The number of fused-ring (bicyclic) bond motifs is 1. The van der Waals surface area contributed by atoms with E-state index >= 15 is 0 Å². The van der Waals surface area contributed by atoms with Crippen LogP contribution in [0.4, 0.5) is 0 Å². The van der Waals surface area contributed by atoms with E-state index in [1.807, 2.05) is 11.0 Å². The molecule has 0 radical (unpaired) electrons. The molecular weight excluding hydrogens is 338 g/mol. The van der Waals surface area contributed by atoms with Crippen LogP contribution in [0.3, 0.4) is 0 Å². The van der Waals surface area contributed by atoms with Gasteiger partial charge in [0.2, 0.25) is 5.91 Å². The summed E-state index contributed by atoms with van der Waals surface area (Å²) in [6.45, 7) is 2.79. The van der Waals surface area contributed by atoms with Gasteiger partial charge in [0.15, 0.2) is 5.16 Å². The monoisotopic (exact) mass is 357 g/mol. The molecule has 0 bridgehead atoms. The third-order valence-electron chi connectivity index (χ3n) is 4.19. The number of aromatic amines is 1. The number of amides is 1. The SMILES string of the molecule is Cc1ccc2nc(SCC(=O)N(Cc3ccsc3)C3CC3)[nH]c2c1. The Morgan fingerprint density at radius 3 is 3.04 bits per heavy atom. The number of hydrogen-bond donors (Lipinski definition) is 1. The second-order valence-electron chi connectivity index (χ2n) is 6.24. The van der Waals surface area contributed by atoms with Gasteiger partial charge in [0, 0.05) is 12.6 Å². The first-order valence-corrected chi connectivity index (χ1v) is 10.0. The van der Waals surface area contributed by atoms with Gasteiger partial charge in [-0.3, -0.25) is 4.79 Å². The summed E-state index contributed by atoms with van der Waals surface area (Å²) in [7, 11) is 0. The van der Waals surface area contributed by atoms with Crippen molar-refractivity contribution in [3.63, 3.8) is 0 Å². The molecule has 124 valence electrons. The number of hydrogen-bond acceptors (Lipinski definition) is 4. The molecule has 0 saturated heterocycles. The van der Waals surface area contributed by atoms with Crippen LogP contribution in [0.15, 0.2) is 40.2 Å². The second-order valence-corrected chi connectivity index (χ2v) is 7.98. The standard InChI is InChI=1S/C18H19N3OS2/c1-12-2-5-15-16(8-12)20-18(19-15)24-11-17(22)21(14-3-4-14)9-13-6-7-23-10-13/h2,5-8,10,14H,3-4,9,11H2,1H3,(H,19,20). The van der Waals surface area contributed by atoms with Gasteiger partial charge in [0.25, 0.3) is 0 Å². The summed E-state index contributed by atoms with van der Waals surface area (Å²) >= 11 is 3.17.